The van der Waals surface area contributed by atoms with E-state index in [0.717, 1.165) is 33.9 Å². The summed E-state index contributed by atoms with van der Waals surface area (Å²) in [6.45, 7) is 2.18. The first-order valence-corrected chi connectivity index (χ1v) is 8.67. The van der Waals surface area contributed by atoms with Crippen molar-refractivity contribution in [1.29, 1.82) is 0 Å². The lowest BCUT2D eigenvalue weighted by molar-refractivity contribution is 0.828. The van der Waals surface area contributed by atoms with Gasteiger partial charge < -0.3 is 0 Å². The topological polar surface area (TPSA) is 0 Å². The molecule has 0 aliphatic carbocycles. The Hall–Kier alpha value is -1.62. The van der Waals surface area contributed by atoms with Crippen molar-refractivity contribution in [3.8, 4) is 11.2 Å². The van der Waals surface area contributed by atoms with Crippen LogP contribution in [0.25, 0.3) is 9.94 Å². The third-order valence-corrected chi connectivity index (χ3v) is 4.55. The van der Waals surface area contributed by atoms with Crippen molar-refractivity contribution in [1.82, 2.24) is 0 Å². The van der Waals surface area contributed by atoms with Crippen molar-refractivity contribution >= 4 is 33.3 Å². The smallest absolute Gasteiger partial charge is 0.0630 e. The van der Waals surface area contributed by atoms with Crippen LogP contribution in [0, 0.1) is 11.2 Å². The van der Waals surface area contributed by atoms with Gasteiger partial charge in [-0.3, -0.25) is 0 Å². The zero-order chi connectivity index (χ0) is 15.6. The van der Waals surface area contributed by atoms with Crippen LogP contribution in [0.3, 0.4) is 0 Å². The molecule has 0 nitrogen and oxygen atoms in total. The molecule has 2 rings (SSSR count). The van der Waals surface area contributed by atoms with E-state index < -0.39 is 0 Å². The zero-order valence-electron chi connectivity index (χ0n) is 12.7. The van der Waals surface area contributed by atoms with Gasteiger partial charge in [-0.05, 0) is 34.6 Å². The number of hydrogen-bond donors (Lipinski definition) is 0. The van der Waals surface area contributed by atoms with Crippen molar-refractivity contribution in [3.63, 3.8) is 0 Å². The van der Waals surface area contributed by atoms with Gasteiger partial charge in [0.1, 0.15) is 0 Å². The molecule has 22 heavy (non-hydrogen) atoms. The molecule has 0 unspecified atom stereocenters. The molecule has 112 valence electrons. The summed E-state index contributed by atoms with van der Waals surface area (Å²) < 4.78 is 0. The second-order valence-electron chi connectivity index (χ2n) is 4.86. The number of halogens is 1. The molecule has 2 aromatic rings. The van der Waals surface area contributed by atoms with Gasteiger partial charge in [-0.2, -0.15) is 0 Å². The molecule has 0 atom stereocenters. The van der Waals surface area contributed by atoms with E-state index >= 15 is 0 Å². The Kier molecular flexibility index (Phi) is 7.16. The highest BCUT2D eigenvalue weighted by atomic mass is 35.5. The molecule has 0 aliphatic rings. The second kappa shape index (κ2) is 9.41. The summed E-state index contributed by atoms with van der Waals surface area (Å²) in [6, 6.07) is 20.2. The Morgan fingerprint density at radius 3 is 2.14 bits per heavy atom. The molecule has 0 aliphatic heterocycles. The van der Waals surface area contributed by atoms with Crippen LogP contribution < -0.4 is 0 Å². The summed E-state index contributed by atoms with van der Waals surface area (Å²) in [4.78, 5) is 1.01. The number of thioether (sulfide) groups is 1. The molecule has 0 saturated heterocycles. The van der Waals surface area contributed by atoms with Crippen LogP contribution in [0.4, 0.5) is 0 Å². The van der Waals surface area contributed by atoms with E-state index in [4.69, 9.17) is 11.6 Å². The van der Waals surface area contributed by atoms with E-state index in [-0.39, 0.29) is 0 Å². The predicted octanol–water partition coefficient (Wildman–Crippen LogP) is 6.64. The molecule has 0 fully saturated rings. The third kappa shape index (κ3) is 4.98. The second-order valence-corrected chi connectivity index (χ2v) is 6.05. The van der Waals surface area contributed by atoms with Crippen LogP contribution in [0.15, 0.2) is 60.7 Å². The highest BCUT2D eigenvalue weighted by Gasteiger charge is 2.09. The summed E-state index contributed by atoms with van der Waals surface area (Å²) in [7, 11) is 0. The van der Waals surface area contributed by atoms with Crippen LogP contribution in [0.5, 0.6) is 0 Å². The van der Waals surface area contributed by atoms with Gasteiger partial charge in [-0.25, -0.2) is 0 Å². The van der Waals surface area contributed by atoms with Gasteiger partial charge in [0, 0.05) is 11.3 Å². The average Bonchev–Trinajstić information content (AvgIpc) is 2.59. The van der Waals surface area contributed by atoms with Crippen molar-refractivity contribution in [3.05, 3.63) is 71.8 Å². The standard InChI is InChI=1S/C20H19ClS/c1-2-3-4-11-16-22-20(18-14-9-6-10-15-18)19(21)17-12-7-5-8-13-17/h5-10,12-15H,2-4H2,1H3/b20-19+. The fourth-order valence-corrected chi connectivity index (χ4v) is 3.03. The SMILES string of the molecule is CCCCC#CS/C(=C(/Cl)c1ccccc1)c1ccccc1. The Bertz CT molecular complexity index is 663. The first-order valence-electron chi connectivity index (χ1n) is 7.48. The van der Waals surface area contributed by atoms with Gasteiger partial charge in [0.15, 0.2) is 0 Å². The van der Waals surface area contributed by atoms with E-state index in [1.165, 1.54) is 18.2 Å². The van der Waals surface area contributed by atoms with E-state index in [0.29, 0.717) is 0 Å². The van der Waals surface area contributed by atoms with Gasteiger partial charge in [-0.15, -0.1) is 0 Å². The average molecular weight is 327 g/mol. The molecule has 2 aromatic carbocycles. The lowest BCUT2D eigenvalue weighted by Crippen LogP contribution is -1.84. The summed E-state index contributed by atoms with van der Waals surface area (Å²) in [5.41, 5.74) is 2.12. The van der Waals surface area contributed by atoms with Crippen molar-refractivity contribution < 1.29 is 0 Å². The Morgan fingerprint density at radius 1 is 0.955 bits per heavy atom. The van der Waals surface area contributed by atoms with Crippen LogP contribution in [-0.4, -0.2) is 0 Å². The van der Waals surface area contributed by atoms with E-state index in [9.17, 15) is 0 Å². The van der Waals surface area contributed by atoms with Crippen LogP contribution in [0.1, 0.15) is 37.3 Å². The maximum atomic E-state index is 6.64. The lowest BCUT2D eigenvalue weighted by Gasteiger charge is -2.08. The minimum atomic E-state index is 0.751. The van der Waals surface area contributed by atoms with Crippen molar-refractivity contribution in [2.24, 2.45) is 0 Å². The molecular weight excluding hydrogens is 308 g/mol. The fraction of sp³-hybridized carbons (Fsp3) is 0.200. The fourth-order valence-electron chi connectivity index (χ4n) is 1.94. The number of benzene rings is 2. The van der Waals surface area contributed by atoms with E-state index in [1.54, 1.807) is 0 Å². The maximum absolute atomic E-state index is 6.64. The molecule has 0 aromatic heterocycles. The van der Waals surface area contributed by atoms with Gasteiger partial charge in [0.05, 0.1) is 5.03 Å². The molecule has 0 saturated carbocycles. The molecule has 0 bridgehead atoms. The minimum Gasteiger partial charge on any atom is -0.0909 e. The summed E-state index contributed by atoms with van der Waals surface area (Å²) >= 11 is 8.15. The lowest BCUT2D eigenvalue weighted by atomic mass is 10.1. The first kappa shape index (κ1) is 16.7. The zero-order valence-corrected chi connectivity index (χ0v) is 14.3. The summed E-state index contributed by atoms with van der Waals surface area (Å²) in [6.07, 6.45) is 3.25. The van der Waals surface area contributed by atoms with Crippen molar-refractivity contribution in [2.45, 2.75) is 26.2 Å². The Labute approximate surface area is 142 Å². The number of rotatable bonds is 5. The van der Waals surface area contributed by atoms with Gasteiger partial charge >= 0.3 is 0 Å². The van der Waals surface area contributed by atoms with Gasteiger partial charge in [0.2, 0.25) is 0 Å². The number of hydrogen-bond acceptors (Lipinski definition) is 1. The maximum Gasteiger partial charge on any atom is 0.0630 e. The molecule has 0 radical (unpaired) electrons. The largest absolute Gasteiger partial charge is 0.0909 e. The predicted molar refractivity (Wildman–Crippen MR) is 100 cm³/mol. The molecule has 2 heteroatoms. The molecule has 0 spiro atoms. The summed E-state index contributed by atoms with van der Waals surface area (Å²) in [5.74, 6) is 3.21. The highest BCUT2D eigenvalue weighted by Crippen LogP contribution is 2.37. The molecule has 0 amide bonds. The van der Waals surface area contributed by atoms with Gasteiger partial charge in [-0.1, -0.05) is 91.5 Å². The highest BCUT2D eigenvalue weighted by molar-refractivity contribution is 8.12. The van der Waals surface area contributed by atoms with E-state index in [1.807, 2.05) is 48.5 Å². The Balaban J connectivity index is 2.31. The Morgan fingerprint density at radius 2 is 1.55 bits per heavy atom. The molecule has 0 heterocycles. The van der Waals surface area contributed by atoms with Crippen LogP contribution >= 0.6 is 23.4 Å². The summed E-state index contributed by atoms with van der Waals surface area (Å²) in [5, 5.41) is 3.95. The van der Waals surface area contributed by atoms with Gasteiger partial charge in [0.25, 0.3) is 0 Å². The van der Waals surface area contributed by atoms with Crippen molar-refractivity contribution in [2.75, 3.05) is 0 Å². The van der Waals surface area contributed by atoms with E-state index in [2.05, 4.69) is 30.2 Å². The van der Waals surface area contributed by atoms with Crippen LogP contribution in [-0.2, 0) is 0 Å². The monoisotopic (exact) mass is 326 g/mol. The molecule has 0 N–H and O–H groups in total. The molecular formula is C20H19ClS. The quantitative estimate of drug-likeness (QED) is 0.337. The third-order valence-electron chi connectivity index (χ3n) is 3.14. The minimum absolute atomic E-state index is 0.751. The van der Waals surface area contributed by atoms with Crippen LogP contribution in [0.2, 0.25) is 0 Å². The first-order chi connectivity index (χ1) is 10.8. The number of unbranched alkanes of at least 4 members (excludes halogenated alkanes) is 2. The normalized spacial score (nSPS) is 11.4.